The Labute approximate surface area is 203 Å². The van der Waals surface area contributed by atoms with E-state index in [1.54, 1.807) is 12.1 Å². The minimum absolute atomic E-state index is 0.0308. The molecule has 0 saturated heterocycles. The zero-order valence-electron chi connectivity index (χ0n) is 19.9. The molecule has 8 nitrogen and oxygen atoms in total. The lowest BCUT2D eigenvalue weighted by atomic mass is 10.0. The van der Waals surface area contributed by atoms with Crippen LogP contribution < -0.4 is 14.2 Å². The number of ether oxygens (including phenoxy) is 4. The number of carbonyl (C=O) groups is 2. The van der Waals surface area contributed by atoms with E-state index in [0.29, 0.717) is 22.8 Å². The van der Waals surface area contributed by atoms with E-state index in [0.717, 1.165) is 28.0 Å². The van der Waals surface area contributed by atoms with Crippen LogP contribution in [-0.2, 0) is 29.1 Å². The molecule has 0 spiro atoms. The maximum absolute atomic E-state index is 13.0. The number of rotatable bonds is 9. The molecule has 3 aromatic carbocycles. The van der Waals surface area contributed by atoms with Gasteiger partial charge in [-0.3, -0.25) is 9.69 Å². The van der Waals surface area contributed by atoms with Crippen molar-refractivity contribution in [1.82, 2.24) is 4.90 Å². The minimum Gasteiger partial charge on any atom is -0.496 e. The van der Waals surface area contributed by atoms with Crippen LogP contribution in [0, 0.1) is 0 Å². The van der Waals surface area contributed by atoms with E-state index in [4.69, 9.17) is 18.9 Å². The average molecular weight is 478 g/mol. The van der Waals surface area contributed by atoms with E-state index >= 15 is 0 Å². The second kappa shape index (κ2) is 10.4. The summed E-state index contributed by atoms with van der Waals surface area (Å²) in [5, 5.41) is 9.43. The van der Waals surface area contributed by atoms with E-state index in [-0.39, 0.29) is 13.2 Å². The van der Waals surface area contributed by atoms with Crippen LogP contribution in [0.2, 0.25) is 0 Å². The molecule has 35 heavy (non-hydrogen) atoms. The van der Waals surface area contributed by atoms with Crippen LogP contribution in [0.15, 0.2) is 54.6 Å². The Morgan fingerprint density at radius 1 is 0.914 bits per heavy atom. The molecule has 0 fully saturated rings. The van der Waals surface area contributed by atoms with Gasteiger partial charge in [-0.1, -0.05) is 42.5 Å². The van der Waals surface area contributed by atoms with E-state index in [1.807, 2.05) is 24.3 Å². The van der Waals surface area contributed by atoms with Crippen LogP contribution in [0.5, 0.6) is 17.2 Å². The molecule has 182 valence electrons. The number of hydrogen-bond donors (Lipinski definition) is 1. The summed E-state index contributed by atoms with van der Waals surface area (Å²) in [6, 6.07) is 17.4. The standard InChI is InChI=1S/C27H27NO7/c1-32-19-12-24(33-2)23(25(13-19)34-3)14-28(15-26(29)30)27(31)35-16-18-8-6-10-21-20-9-5-4-7-17(20)11-22(18)21/h4-10,12-13H,11,14-16H2,1-3H3,(H,29,30). The van der Waals surface area contributed by atoms with Crippen LogP contribution in [0.25, 0.3) is 11.1 Å². The van der Waals surface area contributed by atoms with Gasteiger partial charge < -0.3 is 24.1 Å². The molecule has 0 heterocycles. The average Bonchev–Trinajstić information content (AvgIpc) is 3.25. The Hall–Kier alpha value is -4.20. The lowest BCUT2D eigenvalue weighted by Crippen LogP contribution is -2.35. The largest absolute Gasteiger partial charge is 0.496 e. The van der Waals surface area contributed by atoms with Gasteiger partial charge in [-0.05, 0) is 34.2 Å². The maximum Gasteiger partial charge on any atom is 0.410 e. The van der Waals surface area contributed by atoms with Crippen molar-refractivity contribution in [3.8, 4) is 28.4 Å². The van der Waals surface area contributed by atoms with Gasteiger partial charge in [0.2, 0.25) is 0 Å². The van der Waals surface area contributed by atoms with Crippen molar-refractivity contribution in [2.75, 3.05) is 27.9 Å². The monoisotopic (exact) mass is 477 g/mol. The fourth-order valence-corrected chi connectivity index (χ4v) is 4.36. The van der Waals surface area contributed by atoms with E-state index in [9.17, 15) is 14.7 Å². The van der Waals surface area contributed by atoms with Crippen molar-refractivity contribution in [2.24, 2.45) is 0 Å². The molecule has 0 radical (unpaired) electrons. The van der Waals surface area contributed by atoms with Crippen LogP contribution in [0.3, 0.4) is 0 Å². The third kappa shape index (κ3) is 5.01. The number of carboxylic acids is 1. The summed E-state index contributed by atoms with van der Waals surface area (Å²) >= 11 is 0. The zero-order chi connectivity index (χ0) is 24.9. The summed E-state index contributed by atoms with van der Waals surface area (Å²) in [6.45, 7) is -0.599. The fourth-order valence-electron chi connectivity index (χ4n) is 4.36. The molecule has 1 amide bonds. The fraction of sp³-hybridized carbons (Fsp3) is 0.259. The van der Waals surface area contributed by atoms with Crippen molar-refractivity contribution in [2.45, 2.75) is 19.6 Å². The number of methoxy groups -OCH3 is 3. The topological polar surface area (TPSA) is 94.5 Å². The molecule has 1 N–H and O–H groups in total. The Morgan fingerprint density at radius 2 is 1.60 bits per heavy atom. The third-order valence-electron chi connectivity index (χ3n) is 6.05. The molecule has 0 saturated carbocycles. The first kappa shape index (κ1) is 23.9. The molecular formula is C27H27NO7. The number of carboxylic acid groups (broad SMARTS) is 1. The van der Waals surface area contributed by atoms with Crippen molar-refractivity contribution >= 4 is 12.1 Å². The van der Waals surface area contributed by atoms with Crippen molar-refractivity contribution in [3.05, 3.63) is 76.9 Å². The minimum atomic E-state index is -1.16. The van der Waals surface area contributed by atoms with Crippen LogP contribution >= 0.6 is 0 Å². The first-order valence-electron chi connectivity index (χ1n) is 11.1. The second-order valence-corrected chi connectivity index (χ2v) is 8.09. The lowest BCUT2D eigenvalue weighted by Gasteiger charge is -2.23. The highest BCUT2D eigenvalue weighted by atomic mass is 16.6. The molecular weight excluding hydrogens is 450 g/mol. The van der Waals surface area contributed by atoms with Crippen molar-refractivity contribution in [3.63, 3.8) is 0 Å². The molecule has 0 aromatic heterocycles. The second-order valence-electron chi connectivity index (χ2n) is 8.09. The Balaban J connectivity index is 1.54. The summed E-state index contributed by atoms with van der Waals surface area (Å²) < 4.78 is 21.7. The van der Waals surface area contributed by atoms with E-state index in [1.165, 1.54) is 32.5 Å². The highest BCUT2D eigenvalue weighted by Gasteiger charge is 2.25. The number of fused-ring (bicyclic) bond motifs is 3. The molecule has 0 atom stereocenters. The summed E-state index contributed by atoms with van der Waals surface area (Å²) in [7, 11) is 4.47. The summed E-state index contributed by atoms with van der Waals surface area (Å²) in [5.41, 5.74) is 6.05. The van der Waals surface area contributed by atoms with Gasteiger partial charge in [-0.15, -0.1) is 0 Å². The van der Waals surface area contributed by atoms with Gasteiger partial charge in [0.25, 0.3) is 0 Å². The summed E-state index contributed by atoms with van der Waals surface area (Å²) in [6.07, 6.45) is 0.0126. The van der Waals surface area contributed by atoms with Gasteiger partial charge in [-0.2, -0.15) is 0 Å². The molecule has 1 aliphatic carbocycles. The van der Waals surface area contributed by atoms with Gasteiger partial charge >= 0.3 is 12.1 Å². The first-order chi connectivity index (χ1) is 16.9. The number of benzene rings is 3. The van der Waals surface area contributed by atoms with Gasteiger partial charge in [-0.25, -0.2) is 4.79 Å². The molecule has 8 heteroatoms. The molecule has 3 aromatic rings. The maximum atomic E-state index is 13.0. The summed E-state index contributed by atoms with van der Waals surface area (Å²) in [4.78, 5) is 25.7. The van der Waals surface area contributed by atoms with Gasteiger partial charge in [0.05, 0.1) is 33.4 Å². The number of aliphatic carboxylic acids is 1. The highest BCUT2D eigenvalue weighted by molar-refractivity contribution is 5.79. The van der Waals surface area contributed by atoms with Crippen molar-refractivity contribution < 1.29 is 33.6 Å². The third-order valence-corrected chi connectivity index (χ3v) is 6.05. The molecule has 0 aliphatic heterocycles. The van der Waals surface area contributed by atoms with Crippen molar-refractivity contribution in [1.29, 1.82) is 0 Å². The molecule has 0 bridgehead atoms. The van der Waals surface area contributed by atoms with Crippen LogP contribution in [-0.4, -0.2) is 49.9 Å². The predicted octanol–water partition coefficient (Wildman–Crippen LogP) is 4.51. The Morgan fingerprint density at radius 3 is 2.26 bits per heavy atom. The highest BCUT2D eigenvalue weighted by Crippen LogP contribution is 2.38. The molecule has 1 aliphatic rings. The molecule has 4 rings (SSSR count). The quantitative estimate of drug-likeness (QED) is 0.379. The van der Waals surface area contributed by atoms with Gasteiger partial charge in [0.1, 0.15) is 30.4 Å². The lowest BCUT2D eigenvalue weighted by molar-refractivity contribution is -0.138. The zero-order valence-corrected chi connectivity index (χ0v) is 19.9. The van der Waals surface area contributed by atoms with E-state index in [2.05, 4.69) is 18.2 Å². The van der Waals surface area contributed by atoms with Crippen LogP contribution in [0.1, 0.15) is 22.3 Å². The Kier molecular flexibility index (Phi) is 7.10. The number of amides is 1. The molecule has 0 unspecified atom stereocenters. The SMILES string of the molecule is COc1cc(OC)c(CN(CC(=O)O)C(=O)OCc2cccc3c2Cc2ccccc2-3)c(OC)c1. The van der Waals surface area contributed by atoms with Gasteiger partial charge in [0, 0.05) is 12.1 Å². The number of carbonyl (C=O) groups excluding carboxylic acids is 1. The predicted molar refractivity (Wildman–Crippen MR) is 129 cm³/mol. The van der Waals surface area contributed by atoms with Crippen LogP contribution in [0.4, 0.5) is 4.79 Å². The first-order valence-corrected chi connectivity index (χ1v) is 11.1. The van der Waals surface area contributed by atoms with E-state index < -0.39 is 18.6 Å². The Bertz CT molecular complexity index is 1230. The number of nitrogens with zero attached hydrogens (tertiary/aromatic N) is 1. The smallest absolute Gasteiger partial charge is 0.410 e. The number of hydrogen-bond acceptors (Lipinski definition) is 6. The normalized spacial score (nSPS) is 11.3. The van der Waals surface area contributed by atoms with Gasteiger partial charge in [0.15, 0.2) is 0 Å². The summed E-state index contributed by atoms with van der Waals surface area (Å²) in [5.74, 6) is 0.157.